The summed E-state index contributed by atoms with van der Waals surface area (Å²) in [7, 11) is 0. The summed E-state index contributed by atoms with van der Waals surface area (Å²) in [5, 5.41) is 4.92. The van der Waals surface area contributed by atoms with Gasteiger partial charge in [-0.1, -0.05) is 6.92 Å². The van der Waals surface area contributed by atoms with Gasteiger partial charge in [-0.2, -0.15) is 0 Å². The second-order valence-electron chi connectivity index (χ2n) is 6.27. The lowest BCUT2D eigenvalue weighted by Gasteiger charge is -2.25. The third kappa shape index (κ3) is 4.25. The Morgan fingerprint density at radius 3 is 2.81 bits per heavy atom. The molecule has 1 aliphatic carbocycles. The summed E-state index contributed by atoms with van der Waals surface area (Å²) in [6.45, 7) is 10.3. The lowest BCUT2D eigenvalue weighted by molar-refractivity contribution is 0.0341. The van der Waals surface area contributed by atoms with E-state index >= 15 is 0 Å². The Balaban J connectivity index is 1.64. The summed E-state index contributed by atoms with van der Waals surface area (Å²) < 4.78 is 5.42. The average molecular weight is 309 g/mol. The molecular formula is C16H27N3OS. The van der Waals surface area contributed by atoms with Crippen LogP contribution in [0.2, 0.25) is 0 Å². The SMILES string of the molecule is CCC(C)NCc1sc(CN2CCOCC2)nc1C1CC1. The lowest BCUT2D eigenvalue weighted by Crippen LogP contribution is -2.35. The van der Waals surface area contributed by atoms with Crippen LogP contribution >= 0.6 is 11.3 Å². The van der Waals surface area contributed by atoms with Crippen molar-refractivity contribution < 1.29 is 4.74 Å². The Hall–Kier alpha value is -0.490. The molecule has 1 aromatic rings. The van der Waals surface area contributed by atoms with Gasteiger partial charge >= 0.3 is 0 Å². The highest BCUT2D eigenvalue weighted by atomic mass is 32.1. The van der Waals surface area contributed by atoms with Gasteiger partial charge in [0.25, 0.3) is 0 Å². The topological polar surface area (TPSA) is 37.4 Å². The van der Waals surface area contributed by atoms with Gasteiger partial charge in [0.2, 0.25) is 0 Å². The molecule has 0 spiro atoms. The zero-order chi connectivity index (χ0) is 14.7. The minimum Gasteiger partial charge on any atom is -0.379 e. The number of rotatable bonds is 7. The number of morpholine rings is 1. The van der Waals surface area contributed by atoms with Crippen molar-refractivity contribution in [3.05, 3.63) is 15.6 Å². The normalized spacial score (nSPS) is 21.6. The average Bonchev–Trinajstić information content (AvgIpc) is 3.28. The zero-order valence-electron chi connectivity index (χ0n) is 13.2. The lowest BCUT2D eigenvalue weighted by atomic mass is 10.2. The summed E-state index contributed by atoms with van der Waals surface area (Å²) >= 11 is 1.92. The number of nitrogens with one attached hydrogen (secondary N) is 1. The van der Waals surface area contributed by atoms with Gasteiger partial charge in [-0.05, 0) is 26.2 Å². The molecule has 1 saturated carbocycles. The summed E-state index contributed by atoms with van der Waals surface area (Å²) in [6, 6.07) is 0.585. The number of aromatic nitrogens is 1. The summed E-state index contributed by atoms with van der Waals surface area (Å²) in [5.41, 5.74) is 1.39. The third-order valence-electron chi connectivity index (χ3n) is 4.42. The van der Waals surface area contributed by atoms with Crippen LogP contribution in [0.25, 0.3) is 0 Å². The Morgan fingerprint density at radius 2 is 2.14 bits per heavy atom. The van der Waals surface area contributed by atoms with Crippen molar-refractivity contribution in [3.8, 4) is 0 Å². The molecule has 0 amide bonds. The number of hydrogen-bond acceptors (Lipinski definition) is 5. The molecular weight excluding hydrogens is 282 g/mol. The van der Waals surface area contributed by atoms with Crippen molar-refractivity contribution in [2.24, 2.45) is 0 Å². The molecule has 2 aliphatic rings. The van der Waals surface area contributed by atoms with Gasteiger partial charge < -0.3 is 10.1 Å². The van der Waals surface area contributed by atoms with Crippen LogP contribution in [0.3, 0.4) is 0 Å². The molecule has 0 aromatic carbocycles. The standard InChI is InChI=1S/C16H27N3OS/c1-3-12(2)17-10-14-16(13-4-5-13)18-15(21-14)11-19-6-8-20-9-7-19/h12-13,17H,3-11H2,1-2H3. The highest BCUT2D eigenvalue weighted by molar-refractivity contribution is 7.11. The first-order chi connectivity index (χ1) is 10.3. The smallest absolute Gasteiger partial charge is 0.107 e. The summed E-state index contributed by atoms with van der Waals surface area (Å²) in [4.78, 5) is 8.90. The number of hydrogen-bond donors (Lipinski definition) is 1. The fourth-order valence-electron chi connectivity index (χ4n) is 2.65. The van der Waals surface area contributed by atoms with E-state index in [0.717, 1.165) is 45.3 Å². The van der Waals surface area contributed by atoms with Crippen LogP contribution in [-0.2, 0) is 17.8 Å². The van der Waals surface area contributed by atoms with Gasteiger partial charge in [0.15, 0.2) is 0 Å². The molecule has 0 bridgehead atoms. The van der Waals surface area contributed by atoms with Crippen LogP contribution in [0.4, 0.5) is 0 Å². The quantitative estimate of drug-likeness (QED) is 0.840. The van der Waals surface area contributed by atoms with Crippen LogP contribution in [0, 0.1) is 0 Å². The van der Waals surface area contributed by atoms with Gasteiger partial charge in [0, 0.05) is 36.5 Å². The van der Waals surface area contributed by atoms with Crippen molar-refractivity contribution in [3.63, 3.8) is 0 Å². The van der Waals surface area contributed by atoms with Gasteiger partial charge in [0.1, 0.15) is 5.01 Å². The molecule has 0 radical (unpaired) electrons. The van der Waals surface area contributed by atoms with E-state index in [9.17, 15) is 0 Å². The first kappa shape index (κ1) is 15.4. The van der Waals surface area contributed by atoms with Crippen molar-refractivity contribution in [2.45, 2.75) is 58.2 Å². The Bertz CT molecular complexity index is 452. The minimum atomic E-state index is 0.585. The van der Waals surface area contributed by atoms with Crippen molar-refractivity contribution in [1.82, 2.24) is 15.2 Å². The van der Waals surface area contributed by atoms with E-state index in [1.165, 1.54) is 34.8 Å². The van der Waals surface area contributed by atoms with Gasteiger partial charge in [0.05, 0.1) is 25.5 Å². The van der Waals surface area contributed by atoms with Gasteiger partial charge in [-0.25, -0.2) is 4.98 Å². The number of nitrogens with zero attached hydrogens (tertiary/aromatic N) is 2. The van der Waals surface area contributed by atoms with E-state index < -0.39 is 0 Å². The molecule has 1 aliphatic heterocycles. The van der Waals surface area contributed by atoms with E-state index in [2.05, 4.69) is 24.1 Å². The first-order valence-electron chi connectivity index (χ1n) is 8.28. The Morgan fingerprint density at radius 1 is 1.38 bits per heavy atom. The Labute approximate surface area is 131 Å². The minimum absolute atomic E-state index is 0.585. The van der Waals surface area contributed by atoms with Gasteiger partial charge in [-0.15, -0.1) is 11.3 Å². The second kappa shape index (κ2) is 7.18. The fraction of sp³-hybridized carbons (Fsp3) is 0.812. The molecule has 1 unspecified atom stereocenters. The van der Waals surface area contributed by atoms with E-state index in [1.54, 1.807) is 0 Å². The monoisotopic (exact) mass is 309 g/mol. The first-order valence-corrected chi connectivity index (χ1v) is 9.10. The second-order valence-corrected chi connectivity index (χ2v) is 7.44. The van der Waals surface area contributed by atoms with Crippen molar-refractivity contribution in [1.29, 1.82) is 0 Å². The molecule has 5 heteroatoms. The van der Waals surface area contributed by atoms with Crippen molar-refractivity contribution >= 4 is 11.3 Å². The largest absolute Gasteiger partial charge is 0.379 e. The van der Waals surface area contributed by atoms with Crippen LogP contribution in [0.5, 0.6) is 0 Å². The fourth-order valence-corrected chi connectivity index (χ4v) is 3.79. The molecule has 1 aromatic heterocycles. The number of thiazole rings is 1. The molecule has 1 N–H and O–H groups in total. The molecule has 21 heavy (non-hydrogen) atoms. The molecule has 118 valence electrons. The molecule has 2 heterocycles. The molecule has 1 saturated heterocycles. The number of ether oxygens (including phenoxy) is 1. The predicted molar refractivity (Wildman–Crippen MR) is 86.8 cm³/mol. The third-order valence-corrected chi connectivity index (χ3v) is 5.48. The highest BCUT2D eigenvalue weighted by Crippen LogP contribution is 2.42. The van der Waals surface area contributed by atoms with Crippen LogP contribution < -0.4 is 5.32 Å². The summed E-state index contributed by atoms with van der Waals surface area (Å²) in [5.74, 6) is 0.744. The maximum Gasteiger partial charge on any atom is 0.107 e. The predicted octanol–water partition coefficient (Wildman–Crippen LogP) is 2.74. The van der Waals surface area contributed by atoms with E-state index in [-0.39, 0.29) is 0 Å². The molecule has 2 fully saturated rings. The van der Waals surface area contributed by atoms with E-state index in [0.29, 0.717) is 6.04 Å². The maximum atomic E-state index is 5.42. The summed E-state index contributed by atoms with van der Waals surface area (Å²) in [6.07, 6.45) is 3.84. The maximum absolute atomic E-state index is 5.42. The van der Waals surface area contributed by atoms with E-state index in [1.807, 2.05) is 11.3 Å². The van der Waals surface area contributed by atoms with E-state index in [4.69, 9.17) is 9.72 Å². The van der Waals surface area contributed by atoms with Crippen LogP contribution in [-0.4, -0.2) is 42.2 Å². The molecule has 4 nitrogen and oxygen atoms in total. The highest BCUT2D eigenvalue weighted by Gasteiger charge is 2.29. The Kier molecular flexibility index (Phi) is 5.27. The molecule has 1 atom stereocenters. The van der Waals surface area contributed by atoms with Crippen LogP contribution in [0.15, 0.2) is 0 Å². The zero-order valence-corrected chi connectivity index (χ0v) is 14.0. The van der Waals surface area contributed by atoms with Crippen LogP contribution in [0.1, 0.15) is 54.6 Å². The molecule has 3 rings (SSSR count). The van der Waals surface area contributed by atoms with Crippen molar-refractivity contribution in [2.75, 3.05) is 26.3 Å². The van der Waals surface area contributed by atoms with Gasteiger partial charge in [-0.3, -0.25) is 4.90 Å².